The predicted octanol–water partition coefficient (Wildman–Crippen LogP) is 3.22. The minimum atomic E-state index is -0.443. The highest BCUT2D eigenvalue weighted by molar-refractivity contribution is 8.04. The first kappa shape index (κ1) is 20.1. The molecule has 0 radical (unpaired) electrons. The van der Waals surface area contributed by atoms with E-state index >= 15 is 0 Å². The fraction of sp³-hybridized carbons (Fsp3) is 0.368. The summed E-state index contributed by atoms with van der Waals surface area (Å²) in [4.78, 5) is 29.6. The topological polar surface area (TPSA) is 71.3 Å². The van der Waals surface area contributed by atoms with Crippen LogP contribution in [0.5, 0.6) is 0 Å². The van der Waals surface area contributed by atoms with Gasteiger partial charge in [0.05, 0.1) is 5.69 Å². The van der Waals surface area contributed by atoms with Gasteiger partial charge >= 0.3 is 0 Å². The van der Waals surface area contributed by atoms with Crippen LogP contribution in [0.2, 0.25) is 0 Å². The second-order valence-corrected chi connectivity index (χ2v) is 7.47. The molecule has 0 atom stereocenters. The van der Waals surface area contributed by atoms with Crippen LogP contribution < -0.4 is 4.90 Å². The van der Waals surface area contributed by atoms with Gasteiger partial charge in [-0.25, -0.2) is 9.29 Å². The summed E-state index contributed by atoms with van der Waals surface area (Å²) in [6.45, 7) is 8.96. The van der Waals surface area contributed by atoms with E-state index < -0.39 is 17.6 Å². The zero-order valence-electron chi connectivity index (χ0n) is 16.2. The SMILES string of the molecule is CCN(CC)C1=C(Sc2nncn2C(C)C)C(=O)N(c2ccc(F)cc2)C1=O. The zero-order valence-corrected chi connectivity index (χ0v) is 17.0. The lowest BCUT2D eigenvalue weighted by Crippen LogP contribution is -2.35. The third-order valence-electron chi connectivity index (χ3n) is 4.47. The van der Waals surface area contributed by atoms with Gasteiger partial charge < -0.3 is 9.47 Å². The summed E-state index contributed by atoms with van der Waals surface area (Å²) in [6.07, 6.45) is 1.60. The molecule has 0 saturated heterocycles. The molecule has 1 aliphatic rings. The van der Waals surface area contributed by atoms with Gasteiger partial charge in [-0.2, -0.15) is 0 Å². The number of amides is 2. The lowest BCUT2D eigenvalue weighted by Gasteiger charge is -2.22. The number of imide groups is 1. The quantitative estimate of drug-likeness (QED) is 0.661. The Kier molecular flexibility index (Phi) is 5.83. The maximum absolute atomic E-state index is 13.3. The Morgan fingerprint density at radius 2 is 1.75 bits per heavy atom. The van der Waals surface area contributed by atoms with Crippen molar-refractivity contribution in [2.75, 3.05) is 18.0 Å². The molecule has 1 aliphatic heterocycles. The van der Waals surface area contributed by atoms with Crippen LogP contribution in [0.1, 0.15) is 33.7 Å². The first-order valence-electron chi connectivity index (χ1n) is 9.09. The first-order valence-corrected chi connectivity index (χ1v) is 9.91. The molecule has 148 valence electrons. The highest BCUT2D eigenvalue weighted by Gasteiger charge is 2.42. The molecule has 0 N–H and O–H groups in total. The molecule has 0 unspecified atom stereocenters. The molecule has 2 aromatic rings. The Balaban J connectivity index is 2.05. The van der Waals surface area contributed by atoms with E-state index in [0.29, 0.717) is 34.5 Å². The summed E-state index contributed by atoms with van der Waals surface area (Å²) in [5, 5.41) is 8.58. The van der Waals surface area contributed by atoms with E-state index in [0.717, 1.165) is 16.7 Å². The third kappa shape index (κ3) is 3.54. The molecule has 3 rings (SSSR count). The van der Waals surface area contributed by atoms with Crippen LogP contribution >= 0.6 is 11.8 Å². The molecule has 0 aliphatic carbocycles. The Morgan fingerprint density at radius 3 is 2.32 bits per heavy atom. The van der Waals surface area contributed by atoms with Crippen molar-refractivity contribution in [2.24, 2.45) is 0 Å². The molecular formula is C19H22FN5O2S. The maximum atomic E-state index is 13.3. The summed E-state index contributed by atoms with van der Waals surface area (Å²) in [6, 6.07) is 5.42. The second kappa shape index (κ2) is 8.14. The Morgan fingerprint density at radius 1 is 1.11 bits per heavy atom. The van der Waals surface area contributed by atoms with E-state index in [1.807, 2.05) is 37.2 Å². The second-order valence-electron chi connectivity index (χ2n) is 6.49. The van der Waals surface area contributed by atoms with Gasteiger partial charge in [-0.15, -0.1) is 10.2 Å². The number of rotatable bonds is 7. The highest BCUT2D eigenvalue weighted by Crippen LogP contribution is 2.38. The van der Waals surface area contributed by atoms with Crippen molar-refractivity contribution in [3.8, 4) is 0 Å². The van der Waals surface area contributed by atoms with Crippen LogP contribution in [-0.2, 0) is 9.59 Å². The highest BCUT2D eigenvalue weighted by atomic mass is 32.2. The fourth-order valence-corrected chi connectivity index (χ4v) is 4.11. The standard InChI is InChI=1S/C19H22FN5O2S/c1-5-23(6-2)15-16(28-19-22-21-11-24(19)12(3)4)18(27)25(17(15)26)14-9-7-13(20)8-10-14/h7-12H,5-6H2,1-4H3. The number of thioether (sulfide) groups is 1. The van der Waals surface area contributed by atoms with Crippen LogP contribution in [0.25, 0.3) is 0 Å². The van der Waals surface area contributed by atoms with Crippen molar-refractivity contribution in [2.45, 2.75) is 38.9 Å². The van der Waals surface area contributed by atoms with E-state index in [1.165, 1.54) is 24.3 Å². The predicted molar refractivity (Wildman–Crippen MR) is 105 cm³/mol. The molecule has 2 amide bonds. The van der Waals surface area contributed by atoms with Crippen LogP contribution in [0.3, 0.4) is 0 Å². The molecule has 9 heteroatoms. The normalized spacial score (nSPS) is 14.6. The number of benzene rings is 1. The molecular weight excluding hydrogens is 381 g/mol. The van der Waals surface area contributed by atoms with Gasteiger partial charge in [-0.05, 0) is 63.7 Å². The molecule has 0 spiro atoms. The van der Waals surface area contributed by atoms with Crippen molar-refractivity contribution >= 4 is 29.3 Å². The average Bonchev–Trinajstić information content (AvgIpc) is 3.22. The number of nitrogens with zero attached hydrogens (tertiary/aromatic N) is 5. The van der Waals surface area contributed by atoms with Crippen molar-refractivity contribution in [1.29, 1.82) is 0 Å². The van der Waals surface area contributed by atoms with Gasteiger partial charge in [0, 0.05) is 19.1 Å². The van der Waals surface area contributed by atoms with E-state index in [9.17, 15) is 14.0 Å². The maximum Gasteiger partial charge on any atom is 0.283 e. The number of aromatic nitrogens is 3. The number of likely N-dealkylation sites (N-methyl/N-ethyl adjacent to an activating group) is 1. The van der Waals surface area contributed by atoms with Crippen LogP contribution in [0.4, 0.5) is 10.1 Å². The lowest BCUT2D eigenvalue weighted by molar-refractivity contribution is -0.121. The number of carbonyl (C=O) groups excluding carboxylic acids is 2. The third-order valence-corrected chi connectivity index (χ3v) is 5.52. The van der Waals surface area contributed by atoms with E-state index in [1.54, 1.807) is 6.33 Å². The molecule has 1 aromatic carbocycles. The van der Waals surface area contributed by atoms with Gasteiger partial charge in [-0.1, -0.05) is 0 Å². The first-order chi connectivity index (χ1) is 13.4. The Bertz CT molecular complexity index is 919. The lowest BCUT2D eigenvalue weighted by atomic mass is 10.3. The molecule has 2 heterocycles. The van der Waals surface area contributed by atoms with E-state index in [4.69, 9.17) is 0 Å². The minimum absolute atomic E-state index is 0.107. The summed E-state index contributed by atoms with van der Waals surface area (Å²) in [7, 11) is 0. The van der Waals surface area contributed by atoms with Gasteiger partial charge in [0.25, 0.3) is 11.8 Å². The number of hydrogen-bond acceptors (Lipinski definition) is 6. The fourth-order valence-electron chi connectivity index (χ4n) is 2.98. The van der Waals surface area contributed by atoms with Crippen molar-refractivity contribution in [1.82, 2.24) is 19.7 Å². The summed E-state index contributed by atoms with van der Waals surface area (Å²) < 4.78 is 15.1. The molecule has 0 saturated carbocycles. The monoisotopic (exact) mass is 403 g/mol. The van der Waals surface area contributed by atoms with Crippen LogP contribution in [0.15, 0.2) is 46.4 Å². The van der Waals surface area contributed by atoms with Crippen molar-refractivity contribution in [3.63, 3.8) is 0 Å². The van der Waals surface area contributed by atoms with Crippen LogP contribution in [0, 0.1) is 5.82 Å². The molecule has 0 fully saturated rings. The van der Waals surface area contributed by atoms with Gasteiger partial charge in [-0.3, -0.25) is 9.59 Å². The van der Waals surface area contributed by atoms with Gasteiger partial charge in [0.2, 0.25) is 0 Å². The zero-order chi connectivity index (χ0) is 20.4. The van der Waals surface area contributed by atoms with Crippen molar-refractivity contribution < 1.29 is 14.0 Å². The van der Waals surface area contributed by atoms with Crippen LogP contribution in [-0.4, -0.2) is 44.6 Å². The average molecular weight is 403 g/mol. The Labute approximate surface area is 167 Å². The summed E-state index contributed by atoms with van der Waals surface area (Å²) in [5.74, 6) is -1.29. The minimum Gasteiger partial charge on any atom is -0.367 e. The molecule has 1 aromatic heterocycles. The Hall–Kier alpha value is -2.68. The number of halogens is 1. The number of hydrogen-bond donors (Lipinski definition) is 0. The number of anilines is 1. The van der Waals surface area contributed by atoms with E-state index in [-0.39, 0.29) is 6.04 Å². The largest absolute Gasteiger partial charge is 0.367 e. The van der Waals surface area contributed by atoms with Crippen molar-refractivity contribution in [3.05, 3.63) is 47.0 Å². The number of carbonyl (C=O) groups is 2. The molecule has 7 nitrogen and oxygen atoms in total. The van der Waals surface area contributed by atoms with E-state index in [2.05, 4.69) is 10.2 Å². The van der Waals surface area contributed by atoms with Gasteiger partial charge in [0.1, 0.15) is 22.7 Å². The summed E-state index contributed by atoms with van der Waals surface area (Å²) in [5.41, 5.74) is 0.671. The summed E-state index contributed by atoms with van der Waals surface area (Å²) >= 11 is 1.13. The van der Waals surface area contributed by atoms with Gasteiger partial charge in [0.15, 0.2) is 5.16 Å². The molecule has 0 bridgehead atoms. The smallest absolute Gasteiger partial charge is 0.283 e. The molecule has 28 heavy (non-hydrogen) atoms.